The first-order valence-electron chi connectivity index (χ1n) is 7.56. The van der Waals surface area contributed by atoms with Gasteiger partial charge in [-0.1, -0.05) is 51.1 Å². The number of carbonyl (C=O) groups excluding carboxylic acids is 1. The van der Waals surface area contributed by atoms with Crippen LogP contribution in [0.3, 0.4) is 0 Å². The van der Waals surface area contributed by atoms with Crippen LogP contribution in [-0.2, 0) is 11.3 Å². The van der Waals surface area contributed by atoms with Crippen molar-refractivity contribution in [2.45, 2.75) is 39.8 Å². The average Bonchev–Trinajstić information content (AvgIpc) is 2.42. The van der Waals surface area contributed by atoms with Crippen LogP contribution in [0.25, 0.3) is 0 Å². The molecule has 4 heteroatoms. The minimum atomic E-state index is -0.459. The zero-order valence-corrected chi connectivity index (χ0v) is 13.7. The summed E-state index contributed by atoms with van der Waals surface area (Å²) in [6.45, 7) is 8.47. The van der Waals surface area contributed by atoms with E-state index in [0.717, 1.165) is 19.5 Å². The van der Waals surface area contributed by atoms with Crippen LogP contribution < -0.4 is 11.1 Å². The molecule has 0 aliphatic heterocycles. The van der Waals surface area contributed by atoms with Crippen molar-refractivity contribution in [1.29, 1.82) is 0 Å². The molecule has 1 aromatic rings. The molecule has 0 bridgehead atoms. The third-order valence-corrected chi connectivity index (χ3v) is 3.53. The number of nitrogens with zero attached hydrogens (tertiary/aromatic N) is 1. The summed E-state index contributed by atoms with van der Waals surface area (Å²) in [5, 5.41) is 2.92. The highest BCUT2D eigenvalue weighted by Crippen LogP contribution is 2.17. The zero-order valence-electron chi connectivity index (χ0n) is 13.7. The topological polar surface area (TPSA) is 58.4 Å². The van der Waals surface area contributed by atoms with Crippen molar-refractivity contribution in [1.82, 2.24) is 10.2 Å². The minimum Gasteiger partial charge on any atom is -0.355 e. The van der Waals surface area contributed by atoms with E-state index in [1.54, 1.807) is 0 Å². The van der Waals surface area contributed by atoms with Crippen LogP contribution in [0.5, 0.6) is 0 Å². The molecule has 1 amide bonds. The van der Waals surface area contributed by atoms with Gasteiger partial charge in [0.1, 0.15) is 0 Å². The first kappa shape index (κ1) is 17.7. The Morgan fingerprint density at radius 1 is 1.29 bits per heavy atom. The second kappa shape index (κ2) is 8.15. The van der Waals surface area contributed by atoms with Crippen molar-refractivity contribution in [3.63, 3.8) is 0 Å². The van der Waals surface area contributed by atoms with E-state index in [9.17, 15) is 4.79 Å². The van der Waals surface area contributed by atoms with Crippen LogP contribution in [0.1, 0.15) is 32.8 Å². The smallest absolute Gasteiger partial charge is 0.237 e. The first-order chi connectivity index (χ1) is 9.80. The number of benzene rings is 1. The second-order valence-electron chi connectivity index (χ2n) is 6.71. The van der Waals surface area contributed by atoms with Crippen LogP contribution >= 0.6 is 0 Å². The largest absolute Gasteiger partial charge is 0.355 e. The molecule has 1 atom stereocenters. The highest BCUT2D eigenvalue weighted by atomic mass is 16.2. The van der Waals surface area contributed by atoms with E-state index in [1.807, 2.05) is 26.8 Å². The van der Waals surface area contributed by atoms with E-state index in [4.69, 9.17) is 5.73 Å². The minimum absolute atomic E-state index is 0.0618. The lowest BCUT2D eigenvalue weighted by atomic mass is 9.87. The Morgan fingerprint density at radius 3 is 2.48 bits per heavy atom. The number of amides is 1. The van der Waals surface area contributed by atoms with Crippen molar-refractivity contribution < 1.29 is 4.79 Å². The van der Waals surface area contributed by atoms with Gasteiger partial charge in [-0.3, -0.25) is 4.79 Å². The molecule has 0 spiro atoms. The highest BCUT2D eigenvalue weighted by Gasteiger charge is 2.26. The molecule has 0 radical (unpaired) electrons. The molecule has 0 heterocycles. The van der Waals surface area contributed by atoms with Crippen molar-refractivity contribution in [2.75, 3.05) is 20.1 Å². The van der Waals surface area contributed by atoms with Crippen LogP contribution in [0.4, 0.5) is 0 Å². The lowest BCUT2D eigenvalue weighted by Crippen LogP contribution is -2.48. The molecule has 0 unspecified atom stereocenters. The number of nitrogens with two attached hydrogens (primary N) is 1. The van der Waals surface area contributed by atoms with Crippen molar-refractivity contribution in [3.05, 3.63) is 35.9 Å². The Bertz CT molecular complexity index is 425. The lowest BCUT2D eigenvalue weighted by Gasteiger charge is -2.26. The van der Waals surface area contributed by atoms with Gasteiger partial charge in [-0.2, -0.15) is 0 Å². The summed E-state index contributed by atoms with van der Waals surface area (Å²) < 4.78 is 0. The third-order valence-electron chi connectivity index (χ3n) is 3.53. The Morgan fingerprint density at radius 2 is 1.90 bits per heavy atom. The van der Waals surface area contributed by atoms with Gasteiger partial charge in [0.25, 0.3) is 0 Å². The molecule has 0 aliphatic rings. The third kappa shape index (κ3) is 6.74. The summed E-state index contributed by atoms with van der Waals surface area (Å²) in [7, 11) is 2.09. The lowest BCUT2D eigenvalue weighted by molar-refractivity contribution is -0.124. The zero-order chi connectivity index (χ0) is 15.9. The Balaban J connectivity index is 2.21. The molecule has 0 aromatic heterocycles. The molecule has 118 valence electrons. The SMILES string of the molecule is CN(CCCNC(=O)[C@H](N)C(C)(C)C)Cc1ccccc1. The molecule has 0 aliphatic carbocycles. The number of hydrogen-bond donors (Lipinski definition) is 2. The van der Waals surface area contributed by atoms with E-state index in [-0.39, 0.29) is 11.3 Å². The maximum absolute atomic E-state index is 11.9. The molecule has 3 N–H and O–H groups in total. The van der Waals surface area contributed by atoms with Crippen LogP contribution in [0.2, 0.25) is 0 Å². The number of rotatable bonds is 7. The predicted molar refractivity (Wildman–Crippen MR) is 87.8 cm³/mol. The van der Waals surface area contributed by atoms with Gasteiger partial charge in [0, 0.05) is 13.1 Å². The summed E-state index contributed by atoms with van der Waals surface area (Å²) in [4.78, 5) is 14.1. The fourth-order valence-electron chi connectivity index (χ4n) is 2.04. The van der Waals surface area contributed by atoms with E-state index in [1.165, 1.54) is 5.56 Å². The van der Waals surface area contributed by atoms with Gasteiger partial charge in [0.05, 0.1) is 6.04 Å². The highest BCUT2D eigenvalue weighted by molar-refractivity contribution is 5.82. The standard InChI is InChI=1S/C17H29N3O/c1-17(2,3)15(18)16(21)19-11-8-12-20(4)13-14-9-6-5-7-10-14/h5-7,9-10,15H,8,11-13,18H2,1-4H3,(H,19,21)/t15-/m0/s1. The van der Waals surface area contributed by atoms with Gasteiger partial charge >= 0.3 is 0 Å². The molecular formula is C17H29N3O. The van der Waals surface area contributed by atoms with Crippen molar-refractivity contribution >= 4 is 5.91 Å². The monoisotopic (exact) mass is 291 g/mol. The summed E-state index contributed by atoms with van der Waals surface area (Å²) >= 11 is 0. The Hall–Kier alpha value is -1.39. The molecule has 0 saturated heterocycles. The Kier molecular flexibility index (Phi) is 6.85. The summed E-state index contributed by atoms with van der Waals surface area (Å²) in [6.07, 6.45) is 0.923. The Labute approximate surface area is 128 Å². The molecule has 21 heavy (non-hydrogen) atoms. The predicted octanol–water partition coefficient (Wildman–Crippen LogP) is 2.00. The van der Waals surface area contributed by atoms with Gasteiger partial charge < -0.3 is 16.0 Å². The van der Waals surface area contributed by atoms with E-state index in [0.29, 0.717) is 6.54 Å². The normalized spacial score (nSPS) is 13.2. The van der Waals surface area contributed by atoms with Crippen LogP contribution in [0, 0.1) is 5.41 Å². The van der Waals surface area contributed by atoms with Crippen LogP contribution in [-0.4, -0.2) is 37.0 Å². The van der Waals surface area contributed by atoms with Gasteiger partial charge in [-0.25, -0.2) is 0 Å². The number of carbonyl (C=O) groups is 1. The molecule has 1 aromatic carbocycles. The van der Waals surface area contributed by atoms with Crippen LogP contribution in [0.15, 0.2) is 30.3 Å². The summed E-state index contributed by atoms with van der Waals surface area (Å²) in [5.41, 5.74) is 7.02. The molecule has 0 fully saturated rings. The van der Waals surface area contributed by atoms with Gasteiger partial charge in [0.15, 0.2) is 0 Å². The first-order valence-corrected chi connectivity index (χ1v) is 7.56. The molecule has 4 nitrogen and oxygen atoms in total. The van der Waals surface area contributed by atoms with E-state index >= 15 is 0 Å². The van der Waals surface area contributed by atoms with Gasteiger partial charge in [-0.15, -0.1) is 0 Å². The van der Waals surface area contributed by atoms with Crippen molar-refractivity contribution in [3.8, 4) is 0 Å². The van der Waals surface area contributed by atoms with E-state index < -0.39 is 6.04 Å². The van der Waals surface area contributed by atoms with Gasteiger partial charge in [0.2, 0.25) is 5.91 Å². The number of nitrogens with one attached hydrogen (secondary N) is 1. The fraction of sp³-hybridized carbons (Fsp3) is 0.588. The molecule has 1 rings (SSSR count). The average molecular weight is 291 g/mol. The molecule has 0 saturated carbocycles. The second-order valence-corrected chi connectivity index (χ2v) is 6.71. The van der Waals surface area contributed by atoms with Crippen molar-refractivity contribution in [2.24, 2.45) is 11.1 Å². The summed E-state index contributed by atoms with van der Waals surface area (Å²) in [6, 6.07) is 9.92. The molecular weight excluding hydrogens is 262 g/mol. The summed E-state index contributed by atoms with van der Waals surface area (Å²) in [5.74, 6) is -0.0618. The quantitative estimate of drug-likeness (QED) is 0.755. The number of hydrogen-bond acceptors (Lipinski definition) is 3. The maximum Gasteiger partial charge on any atom is 0.237 e. The van der Waals surface area contributed by atoms with Gasteiger partial charge in [-0.05, 0) is 31.0 Å². The maximum atomic E-state index is 11.9. The fourth-order valence-corrected chi connectivity index (χ4v) is 2.04. The van der Waals surface area contributed by atoms with E-state index in [2.05, 4.69) is 41.5 Å².